The Morgan fingerprint density at radius 3 is 2.95 bits per heavy atom. The highest BCUT2D eigenvalue weighted by Gasteiger charge is 2.23. The summed E-state index contributed by atoms with van der Waals surface area (Å²) < 4.78 is 19.4. The molecule has 3 nitrogen and oxygen atoms in total. The quantitative estimate of drug-likeness (QED) is 0.920. The molecule has 0 unspecified atom stereocenters. The lowest BCUT2D eigenvalue weighted by Gasteiger charge is -2.34. The molecule has 0 aliphatic carbocycles. The van der Waals surface area contributed by atoms with E-state index in [1.807, 2.05) is 0 Å². The van der Waals surface area contributed by atoms with Crippen molar-refractivity contribution in [3.8, 4) is 5.75 Å². The van der Waals surface area contributed by atoms with Crippen LogP contribution in [0.25, 0.3) is 0 Å². The molecular weight excluding hydrogens is 313 g/mol. The van der Waals surface area contributed by atoms with Gasteiger partial charge in [0, 0.05) is 30.2 Å². The minimum Gasteiger partial charge on any atom is -0.492 e. The number of hydrogen-bond acceptors (Lipinski definition) is 3. The molecular formula is C14H19BrFNO2. The molecule has 0 saturated carbocycles. The van der Waals surface area contributed by atoms with E-state index in [0.29, 0.717) is 22.7 Å². The van der Waals surface area contributed by atoms with Crippen molar-refractivity contribution < 1.29 is 14.2 Å². The molecule has 0 aromatic heterocycles. The van der Waals surface area contributed by atoms with Crippen LogP contribution < -0.4 is 4.74 Å². The van der Waals surface area contributed by atoms with Crippen LogP contribution >= 0.6 is 15.9 Å². The van der Waals surface area contributed by atoms with Gasteiger partial charge in [0.25, 0.3) is 0 Å². The molecule has 1 N–H and O–H groups in total. The zero-order valence-electron chi connectivity index (χ0n) is 11.0. The molecule has 1 aromatic carbocycles. The van der Waals surface area contributed by atoms with Crippen LogP contribution in [0.2, 0.25) is 0 Å². The fourth-order valence-electron chi connectivity index (χ4n) is 2.33. The van der Waals surface area contributed by atoms with Gasteiger partial charge in [-0.1, -0.05) is 22.9 Å². The predicted molar refractivity (Wildman–Crippen MR) is 75.8 cm³/mol. The van der Waals surface area contributed by atoms with Crippen LogP contribution in [0.15, 0.2) is 22.7 Å². The van der Waals surface area contributed by atoms with Gasteiger partial charge in [-0.15, -0.1) is 0 Å². The third kappa shape index (κ3) is 4.44. The Bertz CT molecular complexity index is 410. The fraction of sp³-hybridized carbons (Fsp3) is 0.571. The molecule has 0 spiro atoms. The number of hydrogen-bond donors (Lipinski definition) is 1. The summed E-state index contributed by atoms with van der Waals surface area (Å²) in [6.45, 7) is 5.16. The number of nitrogens with zero attached hydrogens (tertiary/aromatic N) is 1. The second-order valence-corrected chi connectivity index (χ2v) is 6.00. The van der Waals surface area contributed by atoms with Crippen LogP contribution in [0.4, 0.5) is 4.39 Å². The predicted octanol–water partition coefficient (Wildman–Crippen LogP) is 2.67. The second-order valence-electron chi connectivity index (χ2n) is 5.09. The van der Waals surface area contributed by atoms with E-state index in [0.717, 1.165) is 26.1 Å². The maximum absolute atomic E-state index is 13.2. The highest BCUT2D eigenvalue weighted by atomic mass is 79.9. The Balaban J connectivity index is 1.77. The zero-order valence-corrected chi connectivity index (χ0v) is 12.6. The molecule has 1 fully saturated rings. The average Bonchev–Trinajstić information content (AvgIpc) is 2.32. The van der Waals surface area contributed by atoms with Crippen LogP contribution in [0, 0.1) is 11.7 Å². The summed E-state index contributed by atoms with van der Waals surface area (Å²) >= 11 is 3.24. The van der Waals surface area contributed by atoms with Gasteiger partial charge >= 0.3 is 0 Å². The Hall–Kier alpha value is -0.650. The first-order valence-corrected chi connectivity index (χ1v) is 7.33. The molecule has 0 radical (unpaired) electrons. The van der Waals surface area contributed by atoms with Crippen molar-refractivity contribution in [3.05, 3.63) is 28.5 Å². The lowest BCUT2D eigenvalue weighted by atomic mass is 9.97. The molecule has 1 heterocycles. The van der Waals surface area contributed by atoms with Gasteiger partial charge in [-0.3, -0.25) is 4.90 Å². The van der Waals surface area contributed by atoms with Gasteiger partial charge in [0.1, 0.15) is 18.2 Å². The Morgan fingerprint density at radius 1 is 1.47 bits per heavy atom. The first-order valence-electron chi connectivity index (χ1n) is 6.54. The lowest BCUT2D eigenvalue weighted by molar-refractivity contribution is 0.0304. The number of halogens is 2. The van der Waals surface area contributed by atoms with Crippen LogP contribution in [0.5, 0.6) is 5.75 Å². The van der Waals surface area contributed by atoms with Crippen LogP contribution in [-0.2, 0) is 0 Å². The summed E-state index contributed by atoms with van der Waals surface area (Å²) in [5, 5.41) is 9.66. The standard InChI is InChI=1S/C14H19BrFNO2/c1-10-9-17(3-2-14(10)18)4-5-19-13-7-11(15)6-12(16)8-13/h6-8,10,14,18H,2-5,9H2,1H3/t10-,14-/m1/s1. The summed E-state index contributed by atoms with van der Waals surface area (Å²) in [6.07, 6.45) is 0.628. The smallest absolute Gasteiger partial charge is 0.128 e. The van der Waals surface area contributed by atoms with Gasteiger partial charge in [-0.05, 0) is 24.5 Å². The molecule has 106 valence electrons. The van der Waals surface area contributed by atoms with E-state index >= 15 is 0 Å². The maximum atomic E-state index is 13.2. The van der Waals surface area contributed by atoms with E-state index in [1.54, 1.807) is 6.07 Å². The van der Waals surface area contributed by atoms with Crippen molar-refractivity contribution >= 4 is 15.9 Å². The number of aliphatic hydroxyl groups excluding tert-OH is 1. The molecule has 1 aliphatic heterocycles. The van der Waals surface area contributed by atoms with E-state index in [9.17, 15) is 9.50 Å². The van der Waals surface area contributed by atoms with E-state index in [4.69, 9.17) is 4.74 Å². The molecule has 0 amide bonds. The summed E-state index contributed by atoms with van der Waals surface area (Å²) in [6, 6.07) is 4.54. The number of aliphatic hydroxyl groups is 1. The summed E-state index contributed by atoms with van der Waals surface area (Å²) in [5.41, 5.74) is 0. The monoisotopic (exact) mass is 331 g/mol. The van der Waals surface area contributed by atoms with Gasteiger partial charge in [-0.2, -0.15) is 0 Å². The van der Waals surface area contributed by atoms with E-state index in [-0.39, 0.29) is 11.9 Å². The van der Waals surface area contributed by atoms with Crippen molar-refractivity contribution in [2.45, 2.75) is 19.4 Å². The van der Waals surface area contributed by atoms with Gasteiger partial charge in [0.05, 0.1) is 6.10 Å². The first-order chi connectivity index (χ1) is 9.04. The van der Waals surface area contributed by atoms with Crippen LogP contribution in [0.3, 0.4) is 0 Å². The number of ether oxygens (including phenoxy) is 1. The third-order valence-electron chi connectivity index (χ3n) is 3.46. The number of piperidine rings is 1. The number of benzene rings is 1. The lowest BCUT2D eigenvalue weighted by Crippen LogP contribution is -2.43. The average molecular weight is 332 g/mol. The van der Waals surface area contributed by atoms with Gasteiger partial charge in [0.2, 0.25) is 0 Å². The van der Waals surface area contributed by atoms with Crippen molar-refractivity contribution in [2.24, 2.45) is 5.92 Å². The third-order valence-corrected chi connectivity index (χ3v) is 3.91. The van der Waals surface area contributed by atoms with Crippen LogP contribution in [-0.4, -0.2) is 42.4 Å². The number of likely N-dealkylation sites (tertiary alicyclic amines) is 1. The maximum Gasteiger partial charge on any atom is 0.128 e. The highest BCUT2D eigenvalue weighted by molar-refractivity contribution is 9.10. The molecule has 1 aliphatic rings. The van der Waals surface area contributed by atoms with Crippen molar-refractivity contribution in [3.63, 3.8) is 0 Å². The minimum atomic E-state index is -0.306. The topological polar surface area (TPSA) is 32.7 Å². The van der Waals surface area contributed by atoms with Gasteiger partial charge in [-0.25, -0.2) is 4.39 Å². The summed E-state index contributed by atoms with van der Waals surface area (Å²) in [5.74, 6) is 0.535. The Kier molecular flexibility index (Phi) is 5.19. The largest absolute Gasteiger partial charge is 0.492 e. The molecule has 19 heavy (non-hydrogen) atoms. The summed E-state index contributed by atoms with van der Waals surface area (Å²) in [7, 11) is 0. The minimum absolute atomic E-state index is 0.184. The normalized spacial score (nSPS) is 24.4. The first kappa shape index (κ1) is 14.8. The molecule has 1 saturated heterocycles. The van der Waals surface area contributed by atoms with E-state index in [1.165, 1.54) is 12.1 Å². The molecule has 0 bridgehead atoms. The molecule has 5 heteroatoms. The summed E-state index contributed by atoms with van der Waals surface area (Å²) in [4.78, 5) is 2.27. The van der Waals surface area contributed by atoms with Crippen molar-refractivity contribution in [2.75, 3.05) is 26.2 Å². The van der Waals surface area contributed by atoms with Gasteiger partial charge < -0.3 is 9.84 Å². The van der Waals surface area contributed by atoms with Crippen molar-refractivity contribution in [1.29, 1.82) is 0 Å². The molecule has 2 atom stereocenters. The zero-order chi connectivity index (χ0) is 13.8. The fourth-order valence-corrected chi connectivity index (χ4v) is 2.77. The highest BCUT2D eigenvalue weighted by Crippen LogP contribution is 2.21. The van der Waals surface area contributed by atoms with Gasteiger partial charge in [0.15, 0.2) is 0 Å². The van der Waals surface area contributed by atoms with E-state index < -0.39 is 0 Å². The van der Waals surface area contributed by atoms with Crippen molar-refractivity contribution in [1.82, 2.24) is 4.90 Å². The number of rotatable bonds is 4. The molecule has 1 aromatic rings. The second kappa shape index (κ2) is 6.68. The van der Waals surface area contributed by atoms with Crippen LogP contribution in [0.1, 0.15) is 13.3 Å². The van der Waals surface area contributed by atoms with E-state index in [2.05, 4.69) is 27.8 Å². The molecule has 2 rings (SSSR count). The Morgan fingerprint density at radius 2 is 2.26 bits per heavy atom. The Labute approximate surface area is 121 Å². The SMILES string of the molecule is C[C@@H]1CN(CCOc2cc(F)cc(Br)c2)CC[C@H]1O.